The first-order valence-electron chi connectivity index (χ1n) is 10.9. The van der Waals surface area contributed by atoms with Crippen molar-refractivity contribution >= 4 is 46.1 Å². The van der Waals surface area contributed by atoms with Crippen LogP contribution in [-0.4, -0.2) is 34.1 Å². The molecule has 0 radical (unpaired) electrons. The molecule has 1 aliphatic carbocycles. The summed E-state index contributed by atoms with van der Waals surface area (Å²) >= 11 is 13.8. The molecular weight excluding hydrogens is 499 g/mol. The number of imidazole rings is 1. The van der Waals surface area contributed by atoms with Gasteiger partial charge in [-0.25, -0.2) is 9.78 Å². The predicted octanol–water partition coefficient (Wildman–Crippen LogP) is 4.26. The molecule has 0 unspecified atom stereocenters. The summed E-state index contributed by atoms with van der Waals surface area (Å²) in [7, 11) is 3.08. The maximum atomic E-state index is 13.1. The zero-order valence-electron chi connectivity index (χ0n) is 18.6. The van der Waals surface area contributed by atoms with Crippen LogP contribution in [0.5, 0.6) is 0 Å². The Kier molecular flexibility index (Phi) is 6.30. The predicted molar refractivity (Wildman–Crippen MR) is 132 cm³/mol. The van der Waals surface area contributed by atoms with Crippen LogP contribution in [0.3, 0.4) is 0 Å². The fourth-order valence-corrected chi connectivity index (χ4v) is 5.78. The van der Waals surface area contributed by atoms with Crippen LogP contribution in [0, 0.1) is 0 Å². The molecule has 1 saturated carbocycles. The third kappa shape index (κ3) is 4.18. The number of hydrogen-bond donors (Lipinski definition) is 0. The fraction of sp³-hybridized carbons (Fsp3) is 0.409. The molecule has 9 nitrogen and oxygen atoms in total. The van der Waals surface area contributed by atoms with Crippen molar-refractivity contribution in [2.75, 3.05) is 0 Å². The van der Waals surface area contributed by atoms with Gasteiger partial charge in [-0.3, -0.25) is 13.9 Å². The van der Waals surface area contributed by atoms with E-state index in [1.165, 1.54) is 30.9 Å². The normalized spacial score (nSPS) is 14.8. The molecule has 1 aromatic carbocycles. The van der Waals surface area contributed by atoms with Crippen molar-refractivity contribution in [3.8, 4) is 11.5 Å². The smallest absolute Gasteiger partial charge is 0.332 e. The van der Waals surface area contributed by atoms with Crippen LogP contribution < -0.4 is 11.2 Å². The molecule has 0 spiro atoms. The quantitative estimate of drug-likeness (QED) is 0.387. The molecule has 0 atom stereocenters. The average Bonchev–Trinajstić information content (AvgIpc) is 3.44. The van der Waals surface area contributed by atoms with E-state index in [4.69, 9.17) is 32.6 Å². The zero-order valence-corrected chi connectivity index (χ0v) is 21.0. The first-order chi connectivity index (χ1) is 16.3. The van der Waals surface area contributed by atoms with Crippen molar-refractivity contribution < 1.29 is 4.42 Å². The molecule has 1 fully saturated rings. The van der Waals surface area contributed by atoms with Crippen molar-refractivity contribution in [1.82, 2.24) is 28.9 Å². The van der Waals surface area contributed by atoms with Gasteiger partial charge < -0.3 is 8.98 Å². The van der Waals surface area contributed by atoms with Crippen molar-refractivity contribution in [3.63, 3.8) is 0 Å². The van der Waals surface area contributed by atoms with Gasteiger partial charge in [-0.15, -0.1) is 10.2 Å². The summed E-state index contributed by atoms with van der Waals surface area (Å²) in [5.41, 5.74) is 0.480. The Bertz CT molecular complexity index is 1500. The molecule has 1 aliphatic rings. The highest BCUT2D eigenvalue weighted by molar-refractivity contribution is 7.99. The molecule has 12 heteroatoms. The molecule has 4 aromatic rings. The maximum Gasteiger partial charge on any atom is 0.332 e. The second-order valence-electron chi connectivity index (χ2n) is 8.37. The molecule has 178 valence electrons. The summed E-state index contributed by atoms with van der Waals surface area (Å²) in [6, 6.07) is 5.06. The van der Waals surface area contributed by atoms with Gasteiger partial charge in [-0.2, -0.15) is 0 Å². The van der Waals surface area contributed by atoms with E-state index in [-0.39, 0.29) is 6.54 Å². The van der Waals surface area contributed by atoms with E-state index in [1.54, 1.807) is 41.6 Å². The number of aromatic nitrogens is 6. The second-order valence-corrected chi connectivity index (χ2v) is 10.4. The molecule has 0 saturated heterocycles. The summed E-state index contributed by atoms with van der Waals surface area (Å²) in [4.78, 5) is 30.3. The Morgan fingerprint density at radius 2 is 1.82 bits per heavy atom. The van der Waals surface area contributed by atoms with E-state index in [9.17, 15) is 9.59 Å². The first-order valence-corrected chi connectivity index (χ1v) is 12.6. The number of thioether (sulfide) groups is 1. The van der Waals surface area contributed by atoms with Gasteiger partial charge in [0.2, 0.25) is 11.8 Å². The number of hydrogen-bond acceptors (Lipinski definition) is 7. The standard InChI is InChI=1S/C22H22Cl2N6O3S/c1-28-18-17(20(31)29(2)22(28)32)30(21(25-18)34-13-6-4-3-5-7-13)11-16-26-27-19(33-16)12-8-9-14(23)15(24)10-12/h8-10,13H,3-7,11H2,1-2H3. The summed E-state index contributed by atoms with van der Waals surface area (Å²) in [6.45, 7) is 0.146. The number of halogens is 2. The van der Waals surface area contributed by atoms with Gasteiger partial charge in [-0.05, 0) is 31.0 Å². The Balaban J connectivity index is 1.58. The lowest BCUT2D eigenvalue weighted by Gasteiger charge is -2.20. The highest BCUT2D eigenvalue weighted by Crippen LogP contribution is 2.35. The van der Waals surface area contributed by atoms with E-state index in [1.807, 2.05) is 0 Å². The van der Waals surface area contributed by atoms with Crippen molar-refractivity contribution in [1.29, 1.82) is 0 Å². The number of benzene rings is 1. The lowest BCUT2D eigenvalue weighted by atomic mass is 10.0. The molecular formula is C22H22Cl2N6O3S. The van der Waals surface area contributed by atoms with Crippen LogP contribution in [0.25, 0.3) is 22.6 Å². The molecule has 0 N–H and O–H groups in total. The highest BCUT2D eigenvalue weighted by Gasteiger charge is 2.24. The van der Waals surface area contributed by atoms with Gasteiger partial charge in [0.1, 0.15) is 6.54 Å². The average molecular weight is 521 g/mol. The van der Waals surface area contributed by atoms with Crippen molar-refractivity contribution in [2.45, 2.75) is 49.1 Å². The van der Waals surface area contributed by atoms with Crippen LogP contribution in [0.15, 0.2) is 37.4 Å². The first kappa shape index (κ1) is 23.2. The van der Waals surface area contributed by atoms with E-state index in [0.717, 1.165) is 17.4 Å². The number of rotatable bonds is 5. The molecule has 3 heterocycles. The van der Waals surface area contributed by atoms with Gasteiger partial charge in [0.15, 0.2) is 16.3 Å². The molecule has 3 aromatic heterocycles. The molecule has 5 rings (SSSR count). The fourth-order valence-electron chi connectivity index (χ4n) is 4.19. The minimum atomic E-state index is -0.420. The lowest BCUT2D eigenvalue weighted by molar-refractivity contribution is 0.480. The molecule has 34 heavy (non-hydrogen) atoms. The van der Waals surface area contributed by atoms with E-state index >= 15 is 0 Å². The van der Waals surface area contributed by atoms with Gasteiger partial charge in [0, 0.05) is 24.9 Å². The highest BCUT2D eigenvalue weighted by atomic mass is 35.5. The third-order valence-corrected chi connectivity index (χ3v) is 8.13. The minimum Gasteiger partial charge on any atom is -0.419 e. The van der Waals surface area contributed by atoms with E-state index < -0.39 is 11.2 Å². The van der Waals surface area contributed by atoms with Crippen LogP contribution in [-0.2, 0) is 20.6 Å². The molecule has 0 amide bonds. The van der Waals surface area contributed by atoms with E-state index in [2.05, 4.69) is 10.2 Å². The summed E-state index contributed by atoms with van der Waals surface area (Å²) in [5, 5.41) is 10.2. The Labute approximate surface area is 208 Å². The SMILES string of the molecule is Cn1c(=O)c2c(nc(SC3CCCCC3)n2Cc2nnc(-c3ccc(Cl)c(Cl)c3)o2)n(C)c1=O. The zero-order chi connectivity index (χ0) is 24.0. The molecule has 0 aliphatic heterocycles. The van der Waals surface area contributed by atoms with Crippen LogP contribution in [0.4, 0.5) is 0 Å². The summed E-state index contributed by atoms with van der Waals surface area (Å²) < 4.78 is 10.2. The number of fused-ring (bicyclic) bond motifs is 1. The molecule has 0 bridgehead atoms. The van der Waals surface area contributed by atoms with Crippen LogP contribution in [0.2, 0.25) is 10.0 Å². The Morgan fingerprint density at radius 3 is 2.56 bits per heavy atom. The van der Waals surface area contributed by atoms with Crippen LogP contribution in [0.1, 0.15) is 38.0 Å². The monoisotopic (exact) mass is 520 g/mol. The second kappa shape index (κ2) is 9.24. The summed E-state index contributed by atoms with van der Waals surface area (Å²) in [6.07, 6.45) is 5.77. The maximum absolute atomic E-state index is 13.1. The van der Waals surface area contributed by atoms with Gasteiger partial charge in [0.05, 0.1) is 10.0 Å². The van der Waals surface area contributed by atoms with Crippen molar-refractivity contribution in [2.24, 2.45) is 14.1 Å². The Hall–Kier alpha value is -2.56. The van der Waals surface area contributed by atoms with Crippen molar-refractivity contribution in [3.05, 3.63) is 55.0 Å². The minimum absolute atomic E-state index is 0.146. The van der Waals surface area contributed by atoms with Gasteiger partial charge >= 0.3 is 5.69 Å². The largest absolute Gasteiger partial charge is 0.419 e. The van der Waals surface area contributed by atoms with E-state index in [0.29, 0.717) is 49.0 Å². The van der Waals surface area contributed by atoms with Crippen LogP contribution >= 0.6 is 35.0 Å². The third-order valence-electron chi connectivity index (χ3n) is 6.06. The number of aryl methyl sites for hydroxylation is 1. The summed E-state index contributed by atoms with van der Waals surface area (Å²) in [5.74, 6) is 0.599. The Morgan fingerprint density at radius 1 is 1.06 bits per heavy atom. The lowest BCUT2D eigenvalue weighted by Crippen LogP contribution is -2.37. The van der Waals surface area contributed by atoms with Gasteiger partial charge in [0.25, 0.3) is 5.56 Å². The topological polar surface area (TPSA) is 101 Å². The van der Waals surface area contributed by atoms with Gasteiger partial charge in [-0.1, -0.05) is 54.2 Å². The number of nitrogens with zero attached hydrogens (tertiary/aromatic N) is 6.